The molecule has 1 aliphatic rings. The van der Waals surface area contributed by atoms with E-state index >= 15 is 0 Å². The zero-order valence-electron chi connectivity index (χ0n) is 11.6. The van der Waals surface area contributed by atoms with Gasteiger partial charge in [-0.1, -0.05) is 34.1 Å². The topological polar surface area (TPSA) is 38.1 Å². The van der Waals surface area contributed by atoms with Crippen LogP contribution >= 0.6 is 15.9 Å². The Balaban J connectivity index is 2.00. The number of rotatable bonds is 2. The maximum Gasteiger partial charge on any atom is 0.275 e. The van der Waals surface area contributed by atoms with Crippen LogP contribution in [0.25, 0.3) is 10.9 Å². The van der Waals surface area contributed by atoms with E-state index in [4.69, 9.17) is 0 Å². The van der Waals surface area contributed by atoms with Crippen LogP contribution in [0, 0.1) is 0 Å². The fourth-order valence-corrected chi connectivity index (χ4v) is 3.61. The van der Waals surface area contributed by atoms with Crippen molar-refractivity contribution in [2.75, 3.05) is 11.9 Å². The molecule has 4 nitrogen and oxygen atoms in total. The first-order valence-electron chi connectivity index (χ1n) is 7.01. The third-order valence-corrected chi connectivity index (χ3v) is 4.77. The zero-order chi connectivity index (χ0) is 14.1. The Kier molecular flexibility index (Phi) is 3.78. The molecule has 1 amide bonds. The van der Waals surface area contributed by atoms with Crippen molar-refractivity contribution in [2.24, 2.45) is 7.05 Å². The molecule has 20 heavy (non-hydrogen) atoms. The predicted molar refractivity (Wildman–Crippen MR) is 83.2 cm³/mol. The van der Waals surface area contributed by atoms with Gasteiger partial charge in [-0.3, -0.25) is 9.48 Å². The minimum Gasteiger partial charge on any atom is -0.333 e. The molecule has 0 aliphatic carbocycles. The fraction of sp³-hybridized carbons (Fsp3) is 0.467. The maximum absolute atomic E-state index is 12.8. The van der Waals surface area contributed by atoms with Crippen molar-refractivity contribution in [2.45, 2.75) is 25.3 Å². The summed E-state index contributed by atoms with van der Waals surface area (Å²) >= 11 is 3.53. The van der Waals surface area contributed by atoms with Gasteiger partial charge in [-0.15, -0.1) is 0 Å². The number of piperidine rings is 1. The quantitative estimate of drug-likeness (QED) is 0.791. The monoisotopic (exact) mass is 335 g/mol. The second kappa shape index (κ2) is 5.56. The zero-order valence-corrected chi connectivity index (χ0v) is 13.1. The van der Waals surface area contributed by atoms with E-state index in [2.05, 4.69) is 21.0 Å². The van der Waals surface area contributed by atoms with Crippen LogP contribution in [0.5, 0.6) is 0 Å². The third-order valence-electron chi connectivity index (χ3n) is 4.03. The normalized spacial score (nSPS) is 19.5. The number of benzene rings is 1. The highest BCUT2D eigenvalue weighted by Gasteiger charge is 2.29. The number of nitrogens with zero attached hydrogens (tertiary/aromatic N) is 3. The summed E-state index contributed by atoms with van der Waals surface area (Å²) in [6, 6.07) is 8.19. The molecule has 1 fully saturated rings. The SMILES string of the molecule is Cn1nc(C(=O)N2CCCCC2CBr)c2ccccc21. The van der Waals surface area contributed by atoms with Gasteiger partial charge in [0.25, 0.3) is 5.91 Å². The second-order valence-electron chi connectivity index (χ2n) is 5.29. The number of amides is 1. The number of para-hydroxylation sites is 1. The van der Waals surface area contributed by atoms with E-state index in [-0.39, 0.29) is 11.9 Å². The minimum atomic E-state index is 0.0611. The van der Waals surface area contributed by atoms with Crippen molar-refractivity contribution in [3.05, 3.63) is 30.0 Å². The molecule has 0 N–H and O–H groups in total. The minimum absolute atomic E-state index is 0.0611. The van der Waals surface area contributed by atoms with E-state index in [1.165, 1.54) is 6.42 Å². The molecular formula is C15H18BrN3O. The van der Waals surface area contributed by atoms with Crippen molar-refractivity contribution in [1.82, 2.24) is 14.7 Å². The molecule has 0 bridgehead atoms. The number of carbonyl (C=O) groups excluding carboxylic acids is 1. The van der Waals surface area contributed by atoms with Gasteiger partial charge >= 0.3 is 0 Å². The molecule has 1 unspecified atom stereocenters. The molecule has 1 aromatic carbocycles. The Labute approximate surface area is 126 Å². The number of carbonyl (C=O) groups is 1. The maximum atomic E-state index is 12.8. The van der Waals surface area contributed by atoms with Crippen LogP contribution in [0.4, 0.5) is 0 Å². The number of fused-ring (bicyclic) bond motifs is 1. The number of alkyl halides is 1. The van der Waals surface area contributed by atoms with E-state index < -0.39 is 0 Å². The molecule has 0 saturated carbocycles. The van der Waals surface area contributed by atoms with E-state index in [0.29, 0.717) is 5.69 Å². The lowest BCUT2D eigenvalue weighted by atomic mass is 10.0. The Bertz CT molecular complexity index is 637. The molecule has 1 atom stereocenters. The summed E-state index contributed by atoms with van der Waals surface area (Å²) in [6.45, 7) is 0.833. The number of aryl methyl sites for hydroxylation is 1. The van der Waals surface area contributed by atoms with Crippen molar-refractivity contribution in [3.8, 4) is 0 Å². The van der Waals surface area contributed by atoms with E-state index in [1.54, 1.807) is 4.68 Å². The van der Waals surface area contributed by atoms with Gasteiger partial charge in [-0.25, -0.2) is 0 Å². The molecule has 1 aromatic heterocycles. The van der Waals surface area contributed by atoms with Crippen molar-refractivity contribution in [1.29, 1.82) is 0 Å². The average molecular weight is 336 g/mol. The fourth-order valence-electron chi connectivity index (χ4n) is 2.94. The lowest BCUT2D eigenvalue weighted by Gasteiger charge is -2.34. The Hall–Kier alpha value is -1.36. The van der Waals surface area contributed by atoms with Crippen LogP contribution in [0.2, 0.25) is 0 Å². The van der Waals surface area contributed by atoms with Crippen molar-refractivity contribution < 1.29 is 4.79 Å². The lowest BCUT2D eigenvalue weighted by Crippen LogP contribution is -2.44. The van der Waals surface area contributed by atoms with Crippen LogP contribution < -0.4 is 0 Å². The van der Waals surface area contributed by atoms with E-state index in [0.717, 1.165) is 35.6 Å². The third kappa shape index (κ3) is 2.24. The van der Waals surface area contributed by atoms with Crippen LogP contribution in [0.3, 0.4) is 0 Å². The summed E-state index contributed by atoms with van der Waals surface area (Å²) in [6.07, 6.45) is 3.35. The second-order valence-corrected chi connectivity index (χ2v) is 5.94. The standard InChI is InChI=1S/C15H18BrN3O/c1-18-13-8-3-2-7-12(13)14(17-18)15(20)19-9-5-4-6-11(19)10-16/h2-3,7-8,11H,4-6,9-10H2,1H3. The molecule has 106 valence electrons. The molecule has 1 saturated heterocycles. The van der Waals surface area contributed by atoms with Crippen LogP contribution in [0.15, 0.2) is 24.3 Å². The first kappa shape index (κ1) is 13.6. The van der Waals surface area contributed by atoms with Gasteiger partial charge in [-0.2, -0.15) is 5.10 Å². The highest BCUT2D eigenvalue weighted by molar-refractivity contribution is 9.09. The Morgan fingerprint density at radius 3 is 3.00 bits per heavy atom. The van der Waals surface area contributed by atoms with Gasteiger partial charge < -0.3 is 4.90 Å². The molecule has 2 heterocycles. The summed E-state index contributed by atoms with van der Waals surface area (Å²) in [7, 11) is 1.89. The van der Waals surface area contributed by atoms with Crippen molar-refractivity contribution >= 4 is 32.7 Å². The van der Waals surface area contributed by atoms with Gasteiger partial charge in [0.05, 0.1) is 5.52 Å². The summed E-state index contributed by atoms with van der Waals surface area (Å²) in [5.74, 6) is 0.0611. The molecule has 2 aromatic rings. The largest absolute Gasteiger partial charge is 0.333 e. The van der Waals surface area contributed by atoms with Crippen LogP contribution in [-0.2, 0) is 7.05 Å². The molecule has 3 rings (SSSR count). The van der Waals surface area contributed by atoms with Crippen LogP contribution in [-0.4, -0.2) is 38.5 Å². The summed E-state index contributed by atoms with van der Waals surface area (Å²) in [5, 5.41) is 6.22. The Morgan fingerprint density at radius 1 is 1.40 bits per heavy atom. The van der Waals surface area contributed by atoms with Gasteiger partial charge in [0.2, 0.25) is 0 Å². The molecular weight excluding hydrogens is 318 g/mol. The summed E-state index contributed by atoms with van der Waals surface area (Å²) in [5.41, 5.74) is 1.58. The molecule has 5 heteroatoms. The summed E-state index contributed by atoms with van der Waals surface area (Å²) in [4.78, 5) is 14.8. The highest BCUT2D eigenvalue weighted by Crippen LogP contribution is 2.24. The first-order chi connectivity index (χ1) is 9.72. The Morgan fingerprint density at radius 2 is 2.20 bits per heavy atom. The molecule has 0 spiro atoms. The molecule has 1 aliphatic heterocycles. The lowest BCUT2D eigenvalue weighted by molar-refractivity contribution is 0.0637. The van der Waals surface area contributed by atoms with Gasteiger partial charge in [0.15, 0.2) is 5.69 Å². The van der Waals surface area contributed by atoms with Crippen LogP contribution in [0.1, 0.15) is 29.8 Å². The van der Waals surface area contributed by atoms with Gasteiger partial charge in [0.1, 0.15) is 0 Å². The van der Waals surface area contributed by atoms with Crippen molar-refractivity contribution in [3.63, 3.8) is 0 Å². The highest BCUT2D eigenvalue weighted by atomic mass is 79.9. The number of likely N-dealkylation sites (tertiary alicyclic amines) is 1. The van der Waals surface area contributed by atoms with Gasteiger partial charge in [-0.05, 0) is 25.3 Å². The number of hydrogen-bond acceptors (Lipinski definition) is 2. The predicted octanol–water partition coefficient (Wildman–Crippen LogP) is 2.96. The molecule has 0 radical (unpaired) electrons. The smallest absolute Gasteiger partial charge is 0.275 e. The van der Waals surface area contributed by atoms with E-state index in [1.807, 2.05) is 36.2 Å². The first-order valence-corrected chi connectivity index (χ1v) is 8.13. The van der Waals surface area contributed by atoms with E-state index in [9.17, 15) is 4.79 Å². The summed E-state index contributed by atoms with van der Waals surface area (Å²) < 4.78 is 1.79. The van der Waals surface area contributed by atoms with Gasteiger partial charge in [0, 0.05) is 30.4 Å². The number of hydrogen-bond donors (Lipinski definition) is 0. The number of aromatic nitrogens is 2. The average Bonchev–Trinajstić information content (AvgIpc) is 2.84. The number of halogens is 1.